The van der Waals surface area contributed by atoms with E-state index in [1.165, 1.54) is 25.3 Å². The standard InChI is InChI=1S/C12H13F2NO2/c1-17-12(16)10-6-5-9(15-10)11-7(13)3-2-4-8(11)14/h2-4,9-10,15H,5-6H2,1H3. The molecule has 0 saturated carbocycles. The fourth-order valence-electron chi connectivity index (χ4n) is 2.14. The molecule has 1 aliphatic rings. The molecule has 0 aromatic heterocycles. The van der Waals surface area contributed by atoms with Crippen molar-refractivity contribution >= 4 is 5.97 Å². The highest BCUT2D eigenvalue weighted by Gasteiger charge is 2.33. The lowest BCUT2D eigenvalue weighted by Gasteiger charge is -2.14. The first-order chi connectivity index (χ1) is 8.13. The van der Waals surface area contributed by atoms with Crippen molar-refractivity contribution in [1.82, 2.24) is 5.32 Å². The molecule has 5 heteroatoms. The van der Waals surface area contributed by atoms with E-state index in [-0.39, 0.29) is 5.56 Å². The van der Waals surface area contributed by atoms with Crippen molar-refractivity contribution in [2.75, 3.05) is 7.11 Å². The third-order valence-corrected chi connectivity index (χ3v) is 2.98. The number of methoxy groups -OCH3 is 1. The Morgan fingerprint density at radius 3 is 2.59 bits per heavy atom. The molecule has 1 N–H and O–H groups in total. The van der Waals surface area contributed by atoms with Crippen LogP contribution in [0.3, 0.4) is 0 Å². The van der Waals surface area contributed by atoms with Crippen LogP contribution < -0.4 is 5.32 Å². The van der Waals surface area contributed by atoms with Crippen molar-refractivity contribution < 1.29 is 18.3 Å². The van der Waals surface area contributed by atoms with Crippen LogP contribution in [0, 0.1) is 11.6 Å². The minimum absolute atomic E-state index is 0.00102. The third kappa shape index (κ3) is 2.29. The van der Waals surface area contributed by atoms with Gasteiger partial charge in [0, 0.05) is 11.6 Å². The lowest BCUT2D eigenvalue weighted by Crippen LogP contribution is -2.33. The predicted octanol–water partition coefficient (Wildman–Crippen LogP) is 1.93. The Labute approximate surface area is 97.8 Å². The van der Waals surface area contributed by atoms with Gasteiger partial charge in [0.15, 0.2) is 0 Å². The van der Waals surface area contributed by atoms with Gasteiger partial charge in [-0.2, -0.15) is 0 Å². The van der Waals surface area contributed by atoms with Crippen molar-refractivity contribution in [2.24, 2.45) is 0 Å². The third-order valence-electron chi connectivity index (χ3n) is 2.98. The summed E-state index contributed by atoms with van der Waals surface area (Å²) >= 11 is 0. The molecule has 2 atom stereocenters. The molecule has 1 aliphatic heterocycles. The predicted molar refractivity (Wildman–Crippen MR) is 57.3 cm³/mol. The Hall–Kier alpha value is -1.49. The van der Waals surface area contributed by atoms with Gasteiger partial charge in [0.2, 0.25) is 0 Å². The molecule has 0 spiro atoms. The van der Waals surface area contributed by atoms with Gasteiger partial charge in [-0.1, -0.05) is 6.07 Å². The van der Waals surface area contributed by atoms with Crippen molar-refractivity contribution in [2.45, 2.75) is 24.9 Å². The number of halogens is 2. The van der Waals surface area contributed by atoms with Gasteiger partial charge in [0.25, 0.3) is 0 Å². The van der Waals surface area contributed by atoms with Gasteiger partial charge in [0.05, 0.1) is 7.11 Å². The molecule has 1 fully saturated rings. The van der Waals surface area contributed by atoms with Crippen LogP contribution in [0.25, 0.3) is 0 Å². The van der Waals surface area contributed by atoms with Crippen LogP contribution in [0.1, 0.15) is 24.4 Å². The highest BCUT2D eigenvalue weighted by Crippen LogP contribution is 2.30. The zero-order valence-electron chi connectivity index (χ0n) is 9.37. The van der Waals surface area contributed by atoms with E-state index in [0.29, 0.717) is 12.8 Å². The number of rotatable bonds is 2. The SMILES string of the molecule is COC(=O)C1CCC(c2c(F)cccc2F)N1. The Morgan fingerprint density at radius 1 is 1.35 bits per heavy atom. The smallest absolute Gasteiger partial charge is 0.322 e. The van der Waals surface area contributed by atoms with Crippen LogP contribution in [0.2, 0.25) is 0 Å². The van der Waals surface area contributed by atoms with Crippen molar-refractivity contribution in [3.63, 3.8) is 0 Å². The minimum atomic E-state index is -0.590. The maximum atomic E-state index is 13.5. The first-order valence-electron chi connectivity index (χ1n) is 5.41. The molecule has 1 saturated heterocycles. The molecule has 0 bridgehead atoms. The molecule has 0 amide bonds. The zero-order chi connectivity index (χ0) is 12.4. The summed E-state index contributed by atoms with van der Waals surface area (Å²) in [5.74, 6) is -1.58. The fraction of sp³-hybridized carbons (Fsp3) is 0.417. The molecular formula is C12H13F2NO2. The monoisotopic (exact) mass is 241 g/mol. The summed E-state index contributed by atoms with van der Waals surface area (Å²) in [7, 11) is 1.29. The number of ether oxygens (including phenoxy) is 1. The Morgan fingerprint density at radius 2 is 2.00 bits per heavy atom. The molecule has 0 aliphatic carbocycles. The zero-order valence-corrected chi connectivity index (χ0v) is 9.37. The number of carbonyl (C=O) groups excluding carboxylic acids is 1. The van der Waals surface area contributed by atoms with E-state index in [0.717, 1.165) is 0 Å². The largest absolute Gasteiger partial charge is 0.468 e. The summed E-state index contributed by atoms with van der Waals surface area (Å²) in [5, 5.41) is 2.89. The molecule has 2 rings (SSSR count). The summed E-state index contributed by atoms with van der Waals surface area (Å²) in [4.78, 5) is 11.3. The summed E-state index contributed by atoms with van der Waals surface area (Å²) in [6, 6.07) is 2.79. The number of nitrogens with one attached hydrogen (secondary N) is 1. The van der Waals surface area contributed by atoms with Gasteiger partial charge in [-0.15, -0.1) is 0 Å². The van der Waals surface area contributed by atoms with E-state index in [4.69, 9.17) is 0 Å². The van der Waals surface area contributed by atoms with Crippen molar-refractivity contribution in [3.8, 4) is 0 Å². The fourth-order valence-corrected chi connectivity index (χ4v) is 2.14. The second-order valence-corrected chi connectivity index (χ2v) is 4.01. The average Bonchev–Trinajstić information content (AvgIpc) is 2.77. The lowest BCUT2D eigenvalue weighted by atomic mass is 10.0. The highest BCUT2D eigenvalue weighted by atomic mass is 19.1. The molecule has 3 nitrogen and oxygen atoms in total. The molecule has 1 aromatic carbocycles. The molecule has 1 aromatic rings. The summed E-state index contributed by atoms with van der Waals surface area (Å²) < 4.78 is 31.6. The van der Waals surface area contributed by atoms with Crippen LogP contribution in [0.15, 0.2) is 18.2 Å². The van der Waals surface area contributed by atoms with Gasteiger partial charge in [-0.25, -0.2) is 8.78 Å². The van der Waals surface area contributed by atoms with Crippen LogP contribution in [-0.2, 0) is 9.53 Å². The van der Waals surface area contributed by atoms with Gasteiger partial charge in [-0.05, 0) is 25.0 Å². The van der Waals surface area contributed by atoms with E-state index in [2.05, 4.69) is 10.1 Å². The number of esters is 1. The van der Waals surface area contributed by atoms with Crippen molar-refractivity contribution in [1.29, 1.82) is 0 Å². The molecule has 2 unspecified atom stereocenters. The summed E-state index contributed by atoms with van der Waals surface area (Å²) in [6.07, 6.45) is 1.03. The number of benzene rings is 1. The second kappa shape index (κ2) is 4.79. The molecule has 92 valence electrons. The Kier molecular flexibility index (Phi) is 3.38. The van der Waals surface area contributed by atoms with Crippen LogP contribution >= 0.6 is 0 Å². The maximum Gasteiger partial charge on any atom is 0.322 e. The van der Waals surface area contributed by atoms with Crippen molar-refractivity contribution in [3.05, 3.63) is 35.4 Å². The van der Waals surface area contributed by atoms with Gasteiger partial charge < -0.3 is 4.74 Å². The number of hydrogen-bond acceptors (Lipinski definition) is 3. The Bertz CT molecular complexity index is 416. The average molecular weight is 241 g/mol. The number of hydrogen-bond donors (Lipinski definition) is 1. The summed E-state index contributed by atoms with van der Waals surface area (Å²) in [5.41, 5.74) is -0.00102. The van der Waals surface area contributed by atoms with E-state index in [1.54, 1.807) is 0 Å². The molecule has 17 heavy (non-hydrogen) atoms. The normalized spacial score (nSPS) is 23.7. The van der Waals surface area contributed by atoms with Crippen LogP contribution in [-0.4, -0.2) is 19.1 Å². The van der Waals surface area contributed by atoms with E-state index >= 15 is 0 Å². The second-order valence-electron chi connectivity index (χ2n) is 4.01. The van der Waals surface area contributed by atoms with Gasteiger partial charge in [-0.3, -0.25) is 10.1 Å². The first kappa shape index (κ1) is 12.0. The maximum absolute atomic E-state index is 13.5. The van der Waals surface area contributed by atoms with E-state index < -0.39 is 29.7 Å². The van der Waals surface area contributed by atoms with Gasteiger partial charge >= 0.3 is 5.97 Å². The quantitative estimate of drug-likeness (QED) is 0.804. The van der Waals surface area contributed by atoms with Crippen LogP contribution in [0.4, 0.5) is 8.78 Å². The molecule has 1 heterocycles. The highest BCUT2D eigenvalue weighted by molar-refractivity contribution is 5.76. The van der Waals surface area contributed by atoms with E-state index in [9.17, 15) is 13.6 Å². The molecule has 0 radical (unpaired) electrons. The summed E-state index contributed by atoms with van der Waals surface area (Å²) in [6.45, 7) is 0. The van der Waals surface area contributed by atoms with Crippen LogP contribution in [0.5, 0.6) is 0 Å². The lowest BCUT2D eigenvalue weighted by molar-refractivity contribution is -0.142. The molecular weight excluding hydrogens is 228 g/mol. The van der Waals surface area contributed by atoms with Gasteiger partial charge in [0.1, 0.15) is 17.7 Å². The Balaban J connectivity index is 2.18. The minimum Gasteiger partial charge on any atom is -0.468 e. The first-order valence-corrected chi connectivity index (χ1v) is 5.41. The number of carbonyl (C=O) groups is 1. The van der Waals surface area contributed by atoms with E-state index in [1.807, 2.05) is 0 Å². The topological polar surface area (TPSA) is 38.3 Å².